The van der Waals surface area contributed by atoms with Crippen molar-refractivity contribution in [1.29, 1.82) is 0 Å². The van der Waals surface area contributed by atoms with Crippen LogP contribution in [-0.2, 0) is 38.1 Å². The monoisotopic (exact) mass is 576 g/mol. The quantitative estimate of drug-likeness (QED) is 0.372. The first-order valence-corrected chi connectivity index (χ1v) is 15.4. The van der Waals surface area contributed by atoms with Crippen LogP contribution in [0.5, 0.6) is 0 Å². The van der Waals surface area contributed by atoms with Gasteiger partial charge in [0.1, 0.15) is 23.9 Å². The lowest BCUT2D eigenvalue weighted by molar-refractivity contribution is -0.270. The van der Waals surface area contributed by atoms with Gasteiger partial charge in [0.25, 0.3) is 0 Å². The van der Waals surface area contributed by atoms with Gasteiger partial charge in [0, 0.05) is 30.6 Å². The summed E-state index contributed by atoms with van der Waals surface area (Å²) >= 11 is 0. The van der Waals surface area contributed by atoms with Crippen LogP contribution in [0.2, 0.25) is 0 Å². The third-order valence-corrected chi connectivity index (χ3v) is 12.8. The molecular weight excluding hydrogens is 532 g/mol. The fourth-order valence-corrected chi connectivity index (χ4v) is 11.2. The second-order valence-electron chi connectivity index (χ2n) is 15.1. The molecule has 7 aliphatic rings. The summed E-state index contributed by atoms with van der Waals surface area (Å²) in [7, 11) is 0. The maximum absolute atomic E-state index is 12.8. The second-order valence-corrected chi connectivity index (χ2v) is 15.1. The molecular formula is C31H44O10. The normalized spacial score (nSPS) is 56.6. The van der Waals surface area contributed by atoms with Crippen LogP contribution in [0, 0.1) is 35.0 Å². The van der Waals surface area contributed by atoms with E-state index in [2.05, 4.69) is 6.92 Å². The van der Waals surface area contributed by atoms with Crippen molar-refractivity contribution in [3.05, 3.63) is 0 Å². The van der Waals surface area contributed by atoms with E-state index in [1.165, 1.54) is 6.92 Å². The highest BCUT2D eigenvalue weighted by atomic mass is 16.6. The number of carbonyl (C=O) groups is 3. The summed E-state index contributed by atoms with van der Waals surface area (Å²) in [6, 6.07) is 0. The summed E-state index contributed by atoms with van der Waals surface area (Å²) in [6.07, 6.45) is -0.320. The molecule has 0 aromatic rings. The van der Waals surface area contributed by atoms with Gasteiger partial charge in [-0.2, -0.15) is 0 Å². The van der Waals surface area contributed by atoms with Gasteiger partial charge >= 0.3 is 17.9 Å². The van der Waals surface area contributed by atoms with Crippen LogP contribution >= 0.6 is 0 Å². The summed E-state index contributed by atoms with van der Waals surface area (Å²) in [5.41, 5.74) is -4.95. The van der Waals surface area contributed by atoms with E-state index in [1.807, 2.05) is 27.7 Å². The highest BCUT2D eigenvalue weighted by Crippen LogP contribution is 2.73. The van der Waals surface area contributed by atoms with E-state index in [9.17, 15) is 24.6 Å². The van der Waals surface area contributed by atoms with E-state index in [1.54, 1.807) is 0 Å². The predicted octanol–water partition coefficient (Wildman–Crippen LogP) is 2.44. The Kier molecular flexibility index (Phi) is 5.78. The minimum absolute atomic E-state index is 0.0178. The molecule has 0 radical (unpaired) electrons. The maximum atomic E-state index is 12.8. The van der Waals surface area contributed by atoms with Gasteiger partial charge in [0.2, 0.25) is 0 Å². The molecule has 2 N–H and O–H groups in total. The first kappa shape index (κ1) is 28.0. The molecule has 4 heterocycles. The first-order valence-electron chi connectivity index (χ1n) is 15.4. The number of esters is 3. The molecule has 0 bridgehead atoms. The zero-order valence-electron chi connectivity index (χ0n) is 24.9. The molecule has 3 saturated carbocycles. The molecule has 0 amide bonds. The van der Waals surface area contributed by atoms with Gasteiger partial charge in [-0.15, -0.1) is 0 Å². The van der Waals surface area contributed by atoms with E-state index >= 15 is 0 Å². The Labute approximate surface area is 240 Å². The Balaban J connectivity index is 1.34. The smallest absolute Gasteiger partial charge is 0.309 e. The number of hydrogen-bond donors (Lipinski definition) is 2. The van der Waals surface area contributed by atoms with Crippen LogP contribution in [-0.4, -0.2) is 81.0 Å². The van der Waals surface area contributed by atoms with Crippen LogP contribution in [0.4, 0.5) is 0 Å². The number of ether oxygens (including phenoxy) is 5. The standard InChI is InChI=1S/C31H44O10/c1-14-9-18(38-26(14)35)24-15(2)17-10-21(33)28(6)25-19(37-16(3)32)11-20-27(4,5)39-22-12-23(34)40-30(20,22)13-29(25,36)7-8-31(17,28)41-24/h14-15,17-22,24-25,33,36H,7-13H2,1-6H3/t14?,15-,17-,18?,19-,20+,21+,22-,24-,25+,28-,29+,30-,31+/m1/s1. The number of fused-ring (bicyclic) bond motifs is 2. The number of carbonyl (C=O) groups excluding carboxylic acids is 3. The van der Waals surface area contributed by atoms with Crippen LogP contribution in [0.3, 0.4) is 0 Å². The molecule has 3 aliphatic carbocycles. The summed E-state index contributed by atoms with van der Waals surface area (Å²) in [5, 5.41) is 24.7. The lowest BCUT2D eigenvalue weighted by Crippen LogP contribution is -2.68. The Bertz CT molecular complexity index is 1190. The average molecular weight is 577 g/mol. The molecule has 14 atom stereocenters. The molecule has 0 aromatic carbocycles. The van der Waals surface area contributed by atoms with Gasteiger partial charge < -0.3 is 33.9 Å². The molecule has 4 saturated heterocycles. The number of hydrogen-bond acceptors (Lipinski definition) is 10. The van der Waals surface area contributed by atoms with E-state index in [0.29, 0.717) is 32.1 Å². The summed E-state index contributed by atoms with van der Waals surface area (Å²) in [6.45, 7) is 11.3. The van der Waals surface area contributed by atoms with Gasteiger partial charge in [-0.1, -0.05) is 20.8 Å². The Morgan fingerprint density at radius 2 is 1.78 bits per heavy atom. The van der Waals surface area contributed by atoms with Crippen LogP contribution in [0.15, 0.2) is 0 Å². The van der Waals surface area contributed by atoms with Gasteiger partial charge in [-0.05, 0) is 57.8 Å². The van der Waals surface area contributed by atoms with Gasteiger partial charge in [0.15, 0.2) is 0 Å². The predicted molar refractivity (Wildman–Crippen MR) is 141 cm³/mol. The van der Waals surface area contributed by atoms with E-state index < -0.39 is 58.0 Å². The Morgan fingerprint density at radius 1 is 1.05 bits per heavy atom. The third kappa shape index (κ3) is 3.42. The molecule has 7 fully saturated rings. The number of rotatable bonds is 2. The SMILES string of the molecule is CC(=O)O[C@@H]1C[C@H]2C(C)(C)O[C@@H]3CC(=O)O[C@@]32C[C@@]2(O)CC[C@]34O[C@@H](C5CC(C)C(=O)O5)[C@H](C)[C@H]3C[C@H](O)[C@]4(C)[C@H]12. The van der Waals surface area contributed by atoms with Crippen molar-refractivity contribution in [1.82, 2.24) is 0 Å². The minimum Gasteiger partial charge on any atom is -0.462 e. The number of aliphatic hydroxyl groups excluding tert-OH is 1. The zero-order chi connectivity index (χ0) is 29.5. The highest BCUT2D eigenvalue weighted by Gasteiger charge is 2.80. The topological polar surface area (TPSA) is 138 Å². The zero-order valence-corrected chi connectivity index (χ0v) is 24.9. The molecule has 10 heteroatoms. The Hall–Kier alpha value is -1.75. The number of cyclic esters (lactones) is 1. The molecule has 2 spiro atoms. The molecule has 228 valence electrons. The van der Waals surface area contributed by atoms with Crippen molar-refractivity contribution < 1.29 is 48.3 Å². The minimum atomic E-state index is -1.42. The van der Waals surface area contributed by atoms with Crippen molar-refractivity contribution in [3.8, 4) is 0 Å². The molecule has 10 nitrogen and oxygen atoms in total. The second kappa shape index (κ2) is 8.45. The third-order valence-electron chi connectivity index (χ3n) is 12.8. The summed E-state index contributed by atoms with van der Waals surface area (Å²) < 4.78 is 31.5. The van der Waals surface area contributed by atoms with Crippen molar-refractivity contribution in [3.63, 3.8) is 0 Å². The highest BCUT2D eigenvalue weighted by molar-refractivity contribution is 5.74. The van der Waals surface area contributed by atoms with Crippen molar-refractivity contribution in [2.75, 3.05) is 0 Å². The van der Waals surface area contributed by atoms with Gasteiger partial charge in [-0.3, -0.25) is 14.4 Å². The van der Waals surface area contributed by atoms with Crippen molar-refractivity contribution >= 4 is 17.9 Å². The summed E-state index contributed by atoms with van der Waals surface area (Å²) in [4.78, 5) is 37.6. The van der Waals surface area contributed by atoms with E-state index in [4.69, 9.17) is 23.7 Å². The van der Waals surface area contributed by atoms with Crippen LogP contribution < -0.4 is 0 Å². The van der Waals surface area contributed by atoms with Crippen molar-refractivity contribution in [2.24, 2.45) is 35.0 Å². The first-order chi connectivity index (χ1) is 19.1. The van der Waals surface area contributed by atoms with Crippen LogP contribution in [0.25, 0.3) is 0 Å². The fraction of sp³-hybridized carbons (Fsp3) is 0.903. The number of aliphatic hydroxyl groups is 2. The van der Waals surface area contributed by atoms with E-state index in [-0.39, 0.29) is 60.7 Å². The van der Waals surface area contributed by atoms with E-state index in [0.717, 1.165) is 0 Å². The van der Waals surface area contributed by atoms with Gasteiger partial charge in [-0.25, -0.2) is 0 Å². The lowest BCUT2D eigenvalue weighted by atomic mass is 9.50. The average Bonchev–Trinajstić information content (AvgIpc) is 3.52. The fourth-order valence-electron chi connectivity index (χ4n) is 11.2. The molecule has 0 aromatic heterocycles. The largest absolute Gasteiger partial charge is 0.462 e. The summed E-state index contributed by atoms with van der Waals surface area (Å²) in [5.74, 6) is -2.24. The van der Waals surface area contributed by atoms with Gasteiger partial charge in [0.05, 0.1) is 41.3 Å². The molecule has 41 heavy (non-hydrogen) atoms. The molecule has 4 aliphatic heterocycles. The lowest BCUT2D eigenvalue weighted by Gasteiger charge is -2.60. The van der Waals surface area contributed by atoms with Crippen molar-refractivity contribution in [2.45, 2.75) is 139 Å². The molecule has 2 unspecified atom stereocenters. The Morgan fingerprint density at radius 3 is 2.44 bits per heavy atom. The molecule has 7 rings (SSSR count). The maximum Gasteiger partial charge on any atom is 0.309 e. The van der Waals surface area contributed by atoms with Crippen LogP contribution in [0.1, 0.15) is 86.5 Å².